The van der Waals surface area contributed by atoms with Gasteiger partial charge in [0, 0.05) is 24.8 Å². The molecule has 1 aliphatic rings. The van der Waals surface area contributed by atoms with Crippen molar-refractivity contribution in [3.8, 4) is 0 Å². The predicted octanol–water partition coefficient (Wildman–Crippen LogP) is 2.02. The number of anilines is 1. The molecule has 4 nitrogen and oxygen atoms in total. The molecular formula is C17H28N2O2. The molecule has 1 heterocycles. The Bertz CT molecular complexity index is 419. The van der Waals surface area contributed by atoms with Gasteiger partial charge in [0.15, 0.2) is 0 Å². The zero-order valence-electron chi connectivity index (χ0n) is 13.4. The lowest BCUT2D eigenvalue weighted by molar-refractivity contribution is -0.0103. The molecule has 1 aromatic carbocycles. The molecule has 21 heavy (non-hydrogen) atoms. The molecule has 0 amide bonds. The van der Waals surface area contributed by atoms with E-state index in [-0.39, 0.29) is 12.7 Å². The molecule has 0 radical (unpaired) electrons. The van der Waals surface area contributed by atoms with Gasteiger partial charge in [0.1, 0.15) is 0 Å². The van der Waals surface area contributed by atoms with Crippen LogP contribution in [0.3, 0.4) is 0 Å². The van der Waals surface area contributed by atoms with Gasteiger partial charge in [0.2, 0.25) is 0 Å². The first-order valence-electron chi connectivity index (χ1n) is 7.89. The highest BCUT2D eigenvalue weighted by Crippen LogP contribution is 2.22. The number of morpholine rings is 1. The van der Waals surface area contributed by atoms with Crippen LogP contribution in [-0.4, -0.2) is 43.6 Å². The van der Waals surface area contributed by atoms with Gasteiger partial charge in [-0.05, 0) is 37.1 Å². The lowest BCUT2D eigenvalue weighted by Gasteiger charge is -2.39. The van der Waals surface area contributed by atoms with E-state index in [9.17, 15) is 5.11 Å². The summed E-state index contributed by atoms with van der Waals surface area (Å²) in [5.74, 6) is 0.675. The molecule has 0 aromatic heterocycles. The van der Waals surface area contributed by atoms with Crippen LogP contribution in [-0.2, 0) is 11.3 Å². The van der Waals surface area contributed by atoms with Gasteiger partial charge in [-0.3, -0.25) is 0 Å². The standard InChI is InChI=1S/C17H28N2O2/c1-13(2)8-18-9-15-4-6-16(7-5-15)19-10-17(11-20)21-12-14(19)3/h4-7,13-14,17-18,20H,8-12H2,1-3H3. The number of aliphatic hydroxyl groups is 1. The third-order valence-electron chi connectivity index (χ3n) is 3.86. The number of hydrogen-bond acceptors (Lipinski definition) is 4. The van der Waals surface area contributed by atoms with E-state index in [1.54, 1.807) is 0 Å². The molecule has 2 atom stereocenters. The Morgan fingerprint density at radius 1 is 1.33 bits per heavy atom. The third-order valence-corrected chi connectivity index (χ3v) is 3.86. The maximum absolute atomic E-state index is 9.27. The van der Waals surface area contributed by atoms with Crippen molar-refractivity contribution in [3.63, 3.8) is 0 Å². The largest absolute Gasteiger partial charge is 0.394 e. The van der Waals surface area contributed by atoms with Crippen molar-refractivity contribution >= 4 is 5.69 Å². The quantitative estimate of drug-likeness (QED) is 0.842. The average molecular weight is 292 g/mol. The molecule has 2 rings (SSSR count). The van der Waals surface area contributed by atoms with Crippen LogP contribution in [0, 0.1) is 5.92 Å². The van der Waals surface area contributed by atoms with Crippen molar-refractivity contribution in [1.82, 2.24) is 5.32 Å². The van der Waals surface area contributed by atoms with Crippen LogP contribution in [0.2, 0.25) is 0 Å². The monoisotopic (exact) mass is 292 g/mol. The van der Waals surface area contributed by atoms with E-state index in [0.717, 1.165) is 19.6 Å². The molecule has 1 aromatic rings. The number of rotatable bonds is 6. The Balaban J connectivity index is 1.94. The van der Waals surface area contributed by atoms with E-state index in [0.29, 0.717) is 18.6 Å². The fraction of sp³-hybridized carbons (Fsp3) is 0.647. The summed E-state index contributed by atoms with van der Waals surface area (Å²) in [5, 5.41) is 12.7. The second-order valence-electron chi connectivity index (χ2n) is 6.33. The van der Waals surface area contributed by atoms with Gasteiger partial charge < -0.3 is 20.1 Å². The minimum Gasteiger partial charge on any atom is -0.394 e. The zero-order valence-corrected chi connectivity index (χ0v) is 13.4. The molecule has 1 aliphatic heterocycles. The van der Waals surface area contributed by atoms with Crippen molar-refractivity contribution in [3.05, 3.63) is 29.8 Å². The molecule has 118 valence electrons. The summed E-state index contributed by atoms with van der Waals surface area (Å²) in [6, 6.07) is 9.04. The Morgan fingerprint density at radius 2 is 2.05 bits per heavy atom. The fourth-order valence-corrected chi connectivity index (χ4v) is 2.60. The molecular weight excluding hydrogens is 264 g/mol. The van der Waals surface area contributed by atoms with Gasteiger partial charge in [-0.1, -0.05) is 26.0 Å². The fourth-order valence-electron chi connectivity index (χ4n) is 2.60. The molecule has 1 fully saturated rings. The number of ether oxygens (including phenoxy) is 1. The van der Waals surface area contributed by atoms with Gasteiger partial charge in [-0.2, -0.15) is 0 Å². The molecule has 0 spiro atoms. The van der Waals surface area contributed by atoms with Crippen molar-refractivity contribution in [2.75, 3.05) is 31.2 Å². The maximum atomic E-state index is 9.27. The summed E-state index contributed by atoms with van der Waals surface area (Å²) in [4.78, 5) is 2.32. The average Bonchev–Trinajstić information content (AvgIpc) is 2.48. The molecule has 1 saturated heterocycles. The van der Waals surface area contributed by atoms with Crippen molar-refractivity contribution in [1.29, 1.82) is 0 Å². The minimum atomic E-state index is -0.0754. The second kappa shape index (κ2) is 7.78. The molecule has 2 unspecified atom stereocenters. The van der Waals surface area contributed by atoms with Gasteiger partial charge in [-0.15, -0.1) is 0 Å². The van der Waals surface area contributed by atoms with E-state index in [1.807, 2.05) is 0 Å². The van der Waals surface area contributed by atoms with Crippen LogP contribution < -0.4 is 10.2 Å². The van der Waals surface area contributed by atoms with E-state index in [4.69, 9.17) is 4.74 Å². The summed E-state index contributed by atoms with van der Waals surface area (Å²) in [6.07, 6.45) is -0.0754. The lowest BCUT2D eigenvalue weighted by Crippen LogP contribution is -2.49. The minimum absolute atomic E-state index is 0.0754. The Morgan fingerprint density at radius 3 is 2.67 bits per heavy atom. The third kappa shape index (κ3) is 4.70. The van der Waals surface area contributed by atoms with Crippen LogP contribution >= 0.6 is 0 Å². The number of nitrogens with one attached hydrogen (secondary N) is 1. The molecule has 0 saturated carbocycles. The first kappa shape index (κ1) is 16.3. The van der Waals surface area contributed by atoms with Crippen molar-refractivity contribution < 1.29 is 9.84 Å². The van der Waals surface area contributed by atoms with Crippen molar-refractivity contribution in [2.24, 2.45) is 5.92 Å². The van der Waals surface area contributed by atoms with Gasteiger partial charge in [0.25, 0.3) is 0 Å². The van der Waals surface area contributed by atoms with E-state index < -0.39 is 0 Å². The topological polar surface area (TPSA) is 44.7 Å². The van der Waals surface area contributed by atoms with Crippen LogP contribution in [0.1, 0.15) is 26.3 Å². The summed E-state index contributed by atoms with van der Waals surface area (Å²) in [6.45, 7) is 10.1. The van der Waals surface area contributed by atoms with E-state index >= 15 is 0 Å². The highest BCUT2D eigenvalue weighted by Gasteiger charge is 2.25. The smallest absolute Gasteiger partial charge is 0.0981 e. The number of benzene rings is 1. The second-order valence-corrected chi connectivity index (χ2v) is 6.33. The highest BCUT2D eigenvalue weighted by molar-refractivity contribution is 5.49. The Labute approximate surface area is 128 Å². The summed E-state index contributed by atoms with van der Waals surface area (Å²) < 4.78 is 5.59. The van der Waals surface area contributed by atoms with Gasteiger partial charge in [0.05, 0.1) is 19.3 Å². The van der Waals surface area contributed by atoms with Crippen LogP contribution in [0.25, 0.3) is 0 Å². The predicted molar refractivity (Wildman–Crippen MR) is 86.6 cm³/mol. The molecule has 2 N–H and O–H groups in total. The Kier molecular flexibility index (Phi) is 6.03. The summed E-state index contributed by atoms with van der Waals surface area (Å²) in [7, 11) is 0. The molecule has 4 heteroatoms. The van der Waals surface area contributed by atoms with Crippen LogP contribution in [0.4, 0.5) is 5.69 Å². The first-order valence-corrected chi connectivity index (χ1v) is 7.89. The molecule has 0 aliphatic carbocycles. The first-order chi connectivity index (χ1) is 10.1. The van der Waals surface area contributed by atoms with Crippen LogP contribution in [0.15, 0.2) is 24.3 Å². The summed E-state index contributed by atoms with van der Waals surface area (Å²) >= 11 is 0. The van der Waals surface area contributed by atoms with Crippen LogP contribution in [0.5, 0.6) is 0 Å². The van der Waals surface area contributed by atoms with E-state index in [2.05, 4.69) is 55.3 Å². The number of aliphatic hydroxyl groups excluding tert-OH is 1. The number of nitrogens with zero attached hydrogens (tertiary/aromatic N) is 1. The maximum Gasteiger partial charge on any atom is 0.0981 e. The highest BCUT2D eigenvalue weighted by atomic mass is 16.5. The van der Waals surface area contributed by atoms with Crippen molar-refractivity contribution in [2.45, 2.75) is 39.5 Å². The lowest BCUT2D eigenvalue weighted by atomic mass is 10.1. The number of hydrogen-bond donors (Lipinski definition) is 2. The zero-order chi connectivity index (χ0) is 15.2. The van der Waals surface area contributed by atoms with Gasteiger partial charge in [-0.25, -0.2) is 0 Å². The summed E-state index contributed by atoms with van der Waals surface area (Å²) in [5.41, 5.74) is 2.51. The van der Waals surface area contributed by atoms with Gasteiger partial charge >= 0.3 is 0 Å². The normalized spacial score (nSPS) is 22.8. The molecule has 0 bridgehead atoms. The Hall–Kier alpha value is -1.10. The SMILES string of the molecule is CC(C)CNCc1ccc(N2CC(CO)OCC2C)cc1. The van der Waals surface area contributed by atoms with E-state index in [1.165, 1.54) is 11.3 Å².